The number of carbonyl (C=O) groups is 1. The van der Waals surface area contributed by atoms with Gasteiger partial charge in [0.15, 0.2) is 0 Å². The van der Waals surface area contributed by atoms with Gasteiger partial charge < -0.3 is 5.32 Å². The fraction of sp³-hybridized carbons (Fsp3) is 0.462. The Morgan fingerprint density at radius 3 is 2.45 bits per heavy atom. The topological polar surface area (TPSA) is 66.5 Å². The highest BCUT2D eigenvalue weighted by molar-refractivity contribution is 7.88. The summed E-state index contributed by atoms with van der Waals surface area (Å²) < 4.78 is 37.7. The Labute approximate surface area is 118 Å². The van der Waals surface area contributed by atoms with Gasteiger partial charge in [0, 0.05) is 19.1 Å². The van der Waals surface area contributed by atoms with Crippen molar-refractivity contribution < 1.29 is 17.6 Å². The quantitative estimate of drug-likeness (QED) is 0.859. The number of halogens is 1. The first-order valence-corrected chi connectivity index (χ1v) is 8.08. The molecule has 1 aromatic carbocycles. The van der Waals surface area contributed by atoms with Gasteiger partial charge in [0.05, 0.1) is 11.8 Å². The van der Waals surface area contributed by atoms with Crippen LogP contribution in [0.2, 0.25) is 0 Å². The number of hydrogen-bond acceptors (Lipinski definition) is 3. The van der Waals surface area contributed by atoms with Crippen LogP contribution in [0.3, 0.4) is 0 Å². The third-order valence-corrected chi connectivity index (χ3v) is 4.19. The van der Waals surface area contributed by atoms with E-state index in [1.165, 1.54) is 22.5 Å². The van der Waals surface area contributed by atoms with E-state index in [-0.39, 0.29) is 24.7 Å². The van der Waals surface area contributed by atoms with Crippen molar-refractivity contribution in [2.45, 2.75) is 19.9 Å². The van der Waals surface area contributed by atoms with Crippen LogP contribution in [-0.4, -0.2) is 44.0 Å². The van der Waals surface area contributed by atoms with Crippen LogP contribution in [0, 0.1) is 5.82 Å². The first kappa shape index (κ1) is 16.6. The van der Waals surface area contributed by atoms with Crippen molar-refractivity contribution in [2.24, 2.45) is 0 Å². The number of hydrogen-bond donors (Lipinski definition) is 1. The van der Waals surface area contributed by atoms with Crippen LogP contribution in [-0.2, 0) is 10.0 Å². The molecule has 112 valence electrons. The van der Waals surface area contributed by atoms with Crippen LogP contribution in [0.4, 0.5) is 4.39 Å². The molecule has 1 rings (SSSR count). The summed E-state index contributed by atoms with van der Waals surface area (Å²) >= 11 is 0. The Morgan fingerprint density at radius 1 is 1.35 bits per heavy atom. The van der Waals surface area contributed by atoms with Gasteiger partial charge in [-0.25, -0.2) is 12.8 Å². The molecule has 0 heterocycles. The maximum Gasteiger partial charge on any atom is 0.254 e. The minimum Gasteiger partial charge on any atom is -0.351 e. The predicted octanol–water partition coefficient (Wildman–Crippen LogP) is 1.23. The molecule has 0 spiro atoms. The maximum atomic E-state index is 13.4. The summed E-state index contributed by atoms with van der Waals surface area (Å²) in [6, 6.07) is 5.44. The molecule has 0 bridgehead atoms. The van der Waals surface area contributed by atoms with Gasteiger partial charge in [0.25, 0.3) is 5.91 Å². The van der Waals surface area contributed by atoms with Gasteiger partial charge >= 0.3 is 0 Å². The largest absolute Gasteiger partial charge is 0.351 e. The predicted molar refractivity (Wildman–Crippen MR) is 75.4 cm³/mol. The van der Waals surface area contributed by atoms with E-state index < -0.39 is 21.7 Å². The average Bonchev–Trinajstić information content (AvgIpc) is 2.32. The lowest BCUT2D eigenvalue weighted by atomic mass is 10.2. The molecule has 0 saturated heterocycles. The fourth-order valence-corrected chi connectivity index (χ4v) is 3.02. The van der Waals surface area contributed by atoms with Gasteiger partial charge in [0.1, 0.15) is 5.82 Å². The van der Waals surface area contributed by atoms with Crippen molar-refractivity contribution >= 4 is 15.9 Å². The molecule has 1 N–H and O–H groups in total. The number of carbonyl (C=O) groups excluding carboxylic acids is 1. The molecule has 0 aliphatic carbocycles. The lowest BCUT2D eigenvalue weighted by molar-refractivity contribution is 0.0946. The standard InChI is InChI=1S/C13H19FN2O3S/c1-10(2)16(20(3,18)19)9-8-15-13(17)11-6-4-5-7-12(11)14/h4-7,10H,8-9H2,1-3H3,(H,15,17). The Balaban J connectivity index is 2.60. The van der Waals surface area contributed by atoms with E-state index in [0.717, 1.165) is 6.26 Å². The van der Waals surface area contributed by atoms with Crippen LogP contribution in [0.1, 0.15) is 24.2 Å². The van der Waals surface area contributed by atoms with E-state index in [2.05, 4.69) is 5.32 Å². The zero-order valence-electron chi connectivity index (χ0n) is 11.8. The van der Waals surface area contributed by atoms with E-state index in [0.29, 0.717) is 0 Å². The Bertz CT molecular complexity index is 573. The molecule has 0 aromatic heterocycles. The summed E-state index contributed by atoms with van der Waals surface area (Å²) in [5, 5.41) is 2.51. The van der Waals surface area contributed by atoms with Crippen molar-refractivity contribution in [2.75, 3.05) is 19.3 Å². The fourth-order valence-electron chi connectivity index (χ4n) is 1.83. The highest BCUT2D eigenvalue weighted by Gasteiger charge is 2.20. The summed E-state index contributed by atoms with van der Waals surface area (Å²) in [4.78, 5) is 11.7. The van der Waals surface area contributed by atoms with Gasteiger partial charge in [-0.1, -0.05) is 12.1 Å². The second-order valence-corrected chi connectivity index (χ2v) is 6.64. The molecule has 1 aromatic rings. The second-order valence-electron chi connectivity index (χ2n) is 4.70. The van der Waals surface area contributed by atoms with Crippen molar-refractivity contribution in [3.8, 4) is 0 Å². The van der Waals surface area contributed by atoms with Crippen LogP contribution >= 0.6 is 0 Å². The van der Waals surface area contributed by atoms with Crippen LogP contribution in [0.5, 0.6) is 0 Å². The second kappa shape index (κ2) is 6.81. The third-order valence-electron chi connectivity index (χ3n) is 2.74. The first-order valence-electron chi connectivity index (χ1n) is 6.23. The Kier molecular flexibility index (Phi) is 5.64. The van der Waals surface area contributed by atoms with Gasteiger partial charge in [-0.05, 0) is 26.0 Å². The molecule has 0 aliphatic heterocycles. The van der Waals surface area contributed by atoms with Crippen molar-refractivity contribution in [1.29, 1.82) is 0 Å². The van der Waals surface area contributed by atoms with E-state index in [1.807, 2.05) is 0 Å². The van der Waals surface area contributed by atoms with Gasteiger partial charge in [0.2, 0.25) is 10.0 Å². The lowest BCUT2D eigenvalue weighted by Crippen LogP contribution is -2.41. The molecule has 0 radical (unpaired) electrons. The monoisotopic (exact) mass is 302 g/mol. The van der Waals surface area contributed by atoms with Crippen molar-refractivity contribution in [3.63, 3.8) is 0 Å². The summed E-state index contributed by atoms with van der Waals surface area (Å²) in [6.07, 6.45) is 1.12. The zero-order chi connectivity index (χ0) is 15.3. The smallest absolute Gasteiger partial charge is 0.254 e. The van der Waals surface area contributed by atoms with Gasteiger partial charge in [-0.3, -0.25) is 4.79 Å². The summed E-state index contributed by atoms with van der Waals surface area (Å²) in [5.41, 5.74) is -0.0528. The lowest BCUT2D eigenvalue weighted by Gasteiger charge is -2.23. The molecule has 0 fully saturated rings. The number of nitrogens with zero attached hydrogens (tertiary/aromatic N) is 1. The summed E-state index contributed by atoms with van der Waals surface area (Å²) in [7, 11) is -3.33. The van der Waals surface area contributed by atoms with E-state index >= 15 is 0 Å². The maximum absolute atomic E-state index is 13.4. The highest BCUT2D eigenvalue weighted by atomic mass is 32.2. The zero-order valence-corrected chi connectivity index (χ0v) is 12.6. The SMILES string of the molecule is CC(C)N(CCNC(=O)c1ccccc1F)S(C)(=O)=O. The Hall–Kier alpha value is -1.47. The van der Waals surface area contributed by atoms with Crippen LogP contribution < -0.4 is 5.32 Å². The molecule has 0 atom stereocenters. The van der Waals surface area contributed by atoms with Crippen molar-refractivity contribution in [3.05, 3.63) is 35.6 Å². The van der Waals surface area contributed by atoms with Gasteiger partial charge in [-0.15, -0.1) is 0 Å². The third kappa shape index (κ3) is 4.57. The van der Waals surface area contributed by atoms with Crippen molar-refractivity contribution in [1.82, 2.24) is 9.62 Å². The molecular weight excluding hydrogens is 283 g/mol. The Morgan fingerprint density at radius 2 is 1.95 bits per heavy atom. The van der Waals surface area contributed by atoms with Crippen LogP contribution in [0.25, 0.3) is 0 Å². The minimum absolute atomic E-state index is 0.0528. The molecule has 20 heavy (non-hydrogen) atoms. The van der Waals surface area contributed by atoms with E-state index in [1.54, 1.807) is 19.9 Å². The van der Waals surface area contributed by atoms with E-state index in [9.17, 15) is 17.6 Å². The normalized spacial score (nSPS) is 11.9. The molecule has 0 unspecified atom stereocenters. The number of benzene rings is 1. The summed E-state index contributed by atoms with van der Waals surface area (Å²) in [6.45, 7) is 3.77. The highest BCUT2D eigenvalue weighted by Crippen LogP contribution is 2.06. The molecule has 7 heteroatoms. The minimum atomic E-state index is -3.33. The molecule has 0 aliphatic rings. The van der Waals surface area contributed by atoms with E-state index in [4.69, 9.17) is 0 Å². The van der Waals surface area contributed by atoms with Gasteiger partial charge in [-0.2, -0.15) is 4.31 Å². The first-order chi connectivity index (χ1) is 9.23. The number of amides is 1. The molecule has 1 amide bonds. The molecule has 5 nitrogen and oxygen atoms in total. The average molecular weight is 302 g/mol. The number of nitrogens with one attached hydrogen (secondary N) is 1. The number of sulfonamides is 1. The number of rotatable bonds is 6. The molecular formula is C13H19FN2O3S. The summed E-state index contributed by atoms with van der Waals surface area (Å²) in [5.74, 6) is -1.16. The van der Waals surface area contributed by atoms with Crippen LogP contribution in [0.15, 0.2) is 24.3 Å². The molecule has 0 saturated carbocycles.